The number of esters is 1. The highest BCUT2D eigenvalue weighted by Gasteiger charge is 2.17. The van der Waals surface area contributed by atoms with Crippen molar-refractivity contribution in [2.24, 2.45) is 0 Å². The Hall–Kier alpha value is -3.17. The first-order chi connectivity index (χ1) is 13.8. The van der Waals surface area contributed by atoms with Gasteiger partial charge in [0, 0.05) is 5.41 Å². The van der Waals surface area contributed by atoms with Crippen LogP contribution in [0, 0.1) is 0 Å². The number of sulfonamides is 1. The summed E-state index contributed by atoms with van der Waals surface area (Å²) in [6, 6.07) is 13.5. The Morgan fingerprint density at radius 3 is 2.41 bits per heavy atom. The van der Waals surface area contributed by atoms with Crippen molar-refractivity contribution in [2.75, 3.05) is 27.4 Å². The third-order valence-corrected chi connectivity index (χ3v) is 4.77. The first-order valence-corrected chi connectivity index (χ1v) is 10.0. The van der Waals surface area contributed by atoms with Gasteiger partial charge in [0.25, 0.3) is 0 Å². The van der Waals surface area contributed by atoms with E-state index in [2.05, 4.69) is 4.72 Å². The van der Waals surface area contributed by atoms with Crippen molar-refractivity contribution in [2.45, 2.75) is 0 Å². The Balaban J connectivity index is 1.88. The Morgan fingerprint density at radius 1 is 1.03 bits per heavy atom. The Morgan fingerprint density at radius 2 is 1.76 bits per heavy atom. The van der Waals surface area contributed by atoms with E-state index in [9.17, 15) is 18.0 Å². The van der Waals surface area contributed by atoms with Crippen LogP contribution in [0.25, 0.3) is 6.08 Å². The van der Waals surface area contributed by atoms with Crippen LogP contribution in [0.1, 0.15) is 15.9 Å². The van der Waals surface area contributed by atoms with Crippen LogP contribution in [0.15, 0.2) is 53.9 Å². The topological polar surface area (TPSA) is 108 Å². The van der Waals surface area contributed by atoms with Crippen molar-refractivity contribution >= 4 is 27.9 Å². The highest BCUT2D eigenvalue weighted by atomic mass is 32.2. The summed E-state index contributed by atoms with van der Waals surface area (Å²) in [6.07, 6.45) is 1.40. The molecule has 0 saturated carbocycles. The first kappa shape index (κ1) is 22.1. The van der Waals surface area contributed by atoms with Gasteiger partial charge in [-0.25, -0.2) is 13.1 Å². The molecule has 0 aromatic heterocycles. The van der Waals surface area contributed by atoms with Gasteiger partial charge >= 0.3 is 5.97 Å². The van der Waals surface area contributed by atoms with Crippen molar-refractivity contribution in [1.29, 1.82) is 0 Å². The van der Waals surface area contributed by atoms with Gasteiger partial charge in [-0.05, 0) is 29.8 Å². The highest BCUT2D eigenvalue weighted by molar-refractivity contribution is 7.92. The standard InChI is InChI=1S/C20H21NO7S/c1-26-16-8-9-19(27-2)17(12-16)18(22)14-28-20(23)13-21-29(24,25)11-10-15-6-4-3-5-7-15/h3-12,21H,13-14H2,1-2H3/b11-10+. The summed E-state index contributed by atoms with van der Waals surface area (Å²) in [5.41, 5.74) is 0.879. The zero-order valence-corrected chi connectivity index (χ0v) is 16.8. The maximum atomic E-state index is 12.3. The minimum atomic E-state index is -3.84. The fourth-order valence-electron chi connectivity index (χ4n) is 2.25. The molecule has 0 unspecified atom stereocenters. The molecule has 2 rings (SSSR count). The van der Waals surface area contributed by atoms with E-state index in [0.29, 0.717) is 17.1 Å². The van der Waals surface area contributed by atoms with Crippen LogP contribution < -0.4 is 14.2 Å². The predicted molar refractivity (Wildman–Crippen MR) is 107 cm³/mol. The fourth-order valence-corrected chi connectivity index (χ4v) is 3.00. The van der Waals surface area contributed by atoms with E-state index in [1.165, 1.54) is 26.4 Å². The van der Waals surface area contributed by atoms with Gasteiger partial charge in [-0.3, -0.25) is 9.59 Å². The number of rotatable bonds is 10. The van der Waals surface area contributed by atoms with Gasteiger partial charge in [-0.2, -0.15) is 0 Å². The Labute approximate surface area is 169 Å². The predicted octanol–water partition coefficient (Wildman–Crippen LogP) is 2.02. The summed E-state index contributed by atoms with van der Waals surface area (Å²) in [7, 11) is -0.980. The maximum absolute atomic E-state index is 12.3. The molecule has 0 aliphatic rings. The van der Waals surface area contributed by atoms with Gasteiger partial charge in [0.05, 0.1) is 19.8 Å². The van der Waals surface area contributed by atoms with E-state index >= 15 is 0 Å². The summed E-state index contributed by atoms with van der Waals surface area (Å²) in [5.74, 6) is -0.658. The largest absolute Gasteiger partial charge is 0.497 e. The molecule has 0 aliphatic carbocycles. The minimum Gasteiger partial charge on any atom is -0.497 e. The van der Waals surface area contributed by atoms with Crippen molar-refractivity contribution in [3.8, 4) is 11.5 Å². The molecule has 0 saturated heterocycles. The van der Waals surface area contributed by atoms with Crippen LogP contribution in [-0.4, -0.2) is 47.5 Å². The van der Waals surface area contributed by atoms with E-state index in [1.807, 2.05) is 6.07 Å². The van der Waals surface area contributed by atoms with Gasteiger partial charge in [-0.15, -0.1) is 0 Å². The number of hydrogen-bond acceptors (Lipinski definition) is 7. The van der Waals surface area contributed by atoms with E-state index in [0.717, 1.165) is 5.41 Å². The van der Waals surface area contributed by atoms with Gasteiger partial charge in [0.2, 0.25) is 15.8 Å². The second-order valence-corrected chi connectivity index (χ2v) is 7.38. The van der Waals surface area contributed by atoms with Crippen molar-refractivity contribution < 1.29 is 32.2 Å². The number of methoxy groups -OCH3 is 2. The molecule has 29 heavy (non-hydrogen) atoms. The third kappa shape index (κ3) is 7.05. The van der Waals surface area contributed by atoms with Crippen LogP contribution in [-0.2, 0) is 19.6 Å². The molecule has 0 heterocycles. The summed E-state index contributed by atoms with van der Waals surface area (Å²) in [5, 5.41) is 0.946. The van der Waals surface area contributed by atoms with Crippen LogP contribution in [0.4, 0.5) is 0 Å². The molecule has 154 valence electrons. The van der Waals surface area contributed by atoms with E-state index in [-0.39, 0.29) is 5.56 Å². The molecule has 8 nitrogen and oxygen atoms in total. The quantitative estimate of drug-likeness (QED) is 0.464. The second kappa shape index (κ2) is 10.4. The fraction of sp³-hybridized carbons (Fsp3) is 0.200. The van der Waals surface area contributed by atoms with Crippen molar-refractivity contribution in [3.05, 3.63) is 65.1 Å². The average molecular weight is 419 g/mol. The smallest absolute Gasteiger partial charge is 0.321 e. The number of ether oxygens (including phenoxy) is 3. The minimum absolute atomic E-state index is 0.186. The van der Waals surface area contributed by atoms with Gasteiger partial charge in [0.1, 0.15) is 18.0 Å². The summed E-state index contributed by atoms with van der Waals surface area (Å²) < 4.78 is 41.0. The van der Waals surface area contributed by atoms with Crippen LogP contribution in [0.3, 0.4) is 0 Å². The highest BCUT2D eigenvalue weighted by Crippen LogP contribution is 2.24. The molecule has 0 aliphatic heterocycles. The molecule has 9 heteroatoms. The number of Topliss-reactive ketones (excluding diaryl/α,β-unsaturated/α-hetero) is 1. The lowest BCUT2D eigenvalue weighted by atomic mass is 10.1. The van der Waals surface area contributed by atoms with E-state index in [1.54, 1.807) is 36.4 Å². The van der Waals surface area contributed by atoms with Crippen LogP contribution >= 0.6 is 0 Å². The molecule has 0 radical (unpaired) electrons. The van der Waals surface area contributed by atoms with Gasteiger partial charge in [-0.1, -0.05) is 30.3 Å². The molecule has 0 atom stereocenters. The molecule has 1 N–H and O–H groups in total. The lowest BCUT2D eigenvalue weighted by Crippen LogP contribution is -2.30. The molecule has 0 fully saturated rings. The summed E-state index contributed by atoms with van der Waals surface area (Å²) >= 11 is 0. The zero-order chi connectivity index (χ0) is 21.3. The lowest BCUT2D eigenvalue weighted by molar-refractivity contribution is -0.141. The molecule has 2 aromatic rings. The molecule has 0 amide bonds. The maximum Gasteiger partial charge on any atom is 0.321 e. The first-order valence-electron chi connectivity index (χ1n) is 8.48. The molecular weight excluding hydrogens is 398 g/mol. The van der Waals surface area contributed by atoms with Crippen LogP contribution in [0.5, 0.6) is 11.5 Å². The van der Waals surface area contributed by atoms with Gasteiger partial charge < -0.3 is 14.2 Å². The van der Waals surface area contributed by atoms with Crippen LogP contribution in [0.2, 0.25) is 0 Å². The van der Waals surface area contributed by atoms with Crippen molar-refractivity contribution in [3.63, 3.8) is 0 Å². The normalized spacial score (nSPS) is 11.2. The summed E-state index contributed by atoms with van der Waals surface area (Å²) in [6.45, 7) is -1.17. The average Bonchev–Trinajstić information content (AvgIpc) is 2.75. The number of carbonyl (C=O) groups excluding carboxylic acids is 2. The number of hydrogen-bond donors (Lipinski definition) is 1. The summed E-state index contributed by atoms with van der Waals surface area (Å²) in [4.78, 5) is 24.1. The zero-order valence-electron chi connectivity index (χ0n) is 16.0. The van der Waals surface area contributed by atoms with E-state index in [4.69, 9.17) is 14.2 Å². The number of nitrogens with one attached hydrogen (secondary N) is 1. The SMILES string of the molecule is COc1ccc(OC)c(C(=O)COC(=O)CNS(=O)(=O)/C=C/c2ccccc2)c1. The monoisotopic (exact) mass is 419 g/mol. The number of ketones is 1. The number of carbonyl (C=O) groups is 2. The third-order valence-electron chi connectivity index (χ3n) is 3.73. The van der Waals surface area contributed by atoms with Gasteiger partial charge in [0.15, 0.2) is 6.61 Å². The lowest BCUT2D eigenvalue weighted by Gasteiger charge is -2.10. The molecule has 2 aromatic carbocycles. The molecule has 0 spiro atoms. The molecule has 0 bridgehead atoms. The van der Waals surface area contributed by atoms with Crippen molar-refractivity contribution in [1.82, 2.24) is 4.72 Å². The Kier molecular flexibility index (Phi) is 7.93. The van der Waals surface area contributed by atoms with E-state index < -0.39 is 34.9 Å². The number of benzene rings is 2. The second-order valence-electron chi connectivity index (χ2n) is 5.73. The Bertz CT molecular complexity index is 985. The molecular formula is C20H21NO7S.